The maximum absolute atomic E-state index is 5.74. The van der Waals surface area contributed by atoms with Gasteiger partial charge in [0.1, 0.15) is 0 Å². The van der Waals surface area contributed by atoms with Crippen molar-refractivity contribution < 1.29 is 32.4 Å². The van der Waals surface area contributed by atoms with E-state index in [1.807, 2.05) is 0 Å². The van der Waals surface area contributed by atoms with Gasteiger partial charge in [-0.25, -0.2) is 0 Å². The summed E-state index contributed by atoms with van der Waals surface area (Å²) in [6, 6.07) is 0. The van der Waals surface area contributed by atoms with Crippen molar-refractivity contribution in [1.29, 1.82) is 5.41 Å². The summed E-state index contributed by atoms with van der Waals surface area (Å²) in [6.45, 7) is 0. The molecule has 0 amide bonds. The Morgan fingerprint density at radius 1 is 2.25 bits per heavy atom. The van der Waals surface area contributed by atoms with Crippen molar-refractivity contribution in [2.45, 2.75) is 0 Å². The van der Waals surface area contributed by atoms with Gasteiger partial charge in [-0.2, -0.15) is 0 Å². The van der Waals surface area contributed by atoms with Crippen molar-refractivity contribution in [2.75, 3.05) is 0 Å². The van der Waals surface area contributed by atoms with Gasteiger partial charge in [-0.15, -0.1) is 0 Å². The Hall–Kier alpha value is 0.645. The van der Waals surface area contributed by atoms with Crippen LogP contribution in [0.1, 0.15) is 2.85 Å². The van der Waals surface area contributed by atoms with Crippen LogP contribution in [0.5, 0.6) is 0 Å². The largest absolute Gasteiger partial charge is 1.00 e. The molecule has 0 bridgehead atoms. The van der Waals surface area contributed by atoms with Gasteiger partial charge in [-0.3, -0.25) is 0 Å². The van der Waals surface area contributed by atoms with E-state index < -0.39 is 0 Å². The molecule has 1 N–H and O–H groups in total. The van der Waals surface area contributed by atoms with Crippen LogP contribution in [0.3, 0.4) is 0 Å². The molecule has 0 rings (SSSR count). The second kappa shape index (κ2) is 9.42. The van der Waals surface area contributed by atoms with Crippen molar-refractivity contribution in [3.63, 3.8) is 0 Å². The topological polar surface area (TPSA) is 23.9 Å². The number of rotatable bonds is 0. The van der Waals surface area contributed by atoms with Crippen LogP contribution in [0.25, 0.3) is 0 Å². The molecule has 0 saturated carbocycles. The van der Waals surface area contributed by atoms with E-state index in [-0.39, 0.29) is 32.4 Å². The predicted octanol–water partition coefficient (Wildman–Crippen LogP) is -3.13. The zero-order valence-electron chi connectivity index (χ0n) is 4.58. The summed E-state index contributed by atoms with van der Waals surface area (Å²) in [7, 11) is 4.26. The molecule has 1 nitrogen and oxygen atoms in total. The fourth-order valence-electron chi connectivity index (χ4n) is 0. The molecule has 4 heavy (non-hydrogen) atoms. The molecule has 0 aromatic carbocycles. The molecule has 3 heteroatoms. The monoisotopic (exact) mass is 63.0 g/mol. The summed E-state index contributed by atoms with van der Waals surface area (Å²) < 4.78 is 0. The maximum Gasteiger partial charge on any atom is 1.00 e. The average molecular weight is 62.8 g/mol. The summed E-state index contributed by atoms with van der Waals surface area (Å²) in [6.07, 6.45) is 0. The minimum Gasteiger partial charge on any atom is -1.00 e. The normalized spacial score (nSPS) is 1.75. The van der Waals surface area contributed by atoms with Crippen molar-refractivity contribution >= 4 is 13.2 Å². The molecule has 0 aromatic heterocycles. The van der Waals surface area contributed by atoms with E-state index >= 15 is 0 Å². The molecule has 0 saturated heterocycles. The van der Waals surface area contributed by atoms with Crippen molar-refractivity contribution in [2.24, 2.45) is 0 Å². The minimum atomic E-state index is 0. The minimum absolute atomic E-state index is 0. The van der Waals surface area contributed by atoms with E-state index in [9.17, 15) is 0 Å². The first-order chi connectivity index (χ1) is 1.41. The van der Waals surface area contributed by atoms with Crippen molar-refractivity contribution in [1.82, 2.24) is 0 Å². The van der Waals surface area contributed by atoms with Crippen LogP contribution in [0, 0.1) is 5.41 Å². The molecule has 0 aliphatic carbocycles. The number of nitrogens with one attached hydrogen (secondary N) is 1. The average Bonchev–Trinajstić information content (AvgIpc) is 0.918. The van der Waals surface area contributed by atoms with Gasteiger partial charge >= 0.3 is 49.6 Å². The fraction of sp³-hybridized carbons (Fsp3) is 0. The molecule has 0 aromatic rings. The zero-order valence-corrected chi connectivity index (χ0v) is 4.58. The van der Waals surface area contributed by atoms with Crippen LogP contribution in [-0.4, -0.2) is 13.2 Å². The molecule has 0 unspecified atom stereocenters. The number of hydrogen-bond donors (Lipinski definition) is 1. The second-order valence-corrected chi connectivity index (χ2v) is 0.144. The zero-order chi connectivity index (χ0) is 2.71. The first-order valence-electron chi connectivity index (χ1n) is 0.539. The van der Waals surface area contributed by atoms with E-state index in [0.717, 1.165) is 0 Å². The van der Waals surface area contributed by atoms with Gasteiger partial charge in [0.25, 0.3) is 0 Å². The fourth-order valence-corrected chi connectivity index (χ4v) is 0. The first kappa shape index (κ1) is 8.82. The molecular weight excluding hydrogens is 59.8 g/mol. The molecule has 15 valence electrons. The third kappa shape index (κ3) is 17.2. The summed E-state index contributed by atoms with van der Waals surface area (Å²) in [4.78, 5) is 0. The van der Waals surface area contributed by atoms with Gasteiger partial charge in [0, 0.05) is 0 Å². The Kier molecular flexibility index (Phi) is 20.8. The van der Waals surface area contributed by atoms with Crippen LogP contribution in [0.15, 0.2) is 0 Å². The third-order valence-corrected chi connectivity index (χ3v) is 0. The Morgan fingerprint density at radius 3 is 2.25 bits per heavy atom. The van der Waals surface area contributed by atoms with Crippen LogP contribution in [-0.2, 0) is 0 Å². The van der Waals surface area contributed by atoms with Gasteiger partial charge in [-0.05, 0) is 0 Å². The molecule has 0 fully saturated rings. The van der Waals surface area contributed by atoms with E-state index in [1.165, 1.54) is 5.76 Å². The molecule has 0 atom stereocenters. The molecule has 0 heterocycles. The third-order valence-electron chi connectivity index (χ3n) is 0. The predicted molar refractivity (Wildman–Crippen MR) is 15.7 cm³/mol. The van der Waals surface area contributed by atoms with E-state index in [2.05, 4.69) is 7.49 Å². The van der Waals surface area contributed by atoms with Crippen LogP contribution in [0.4, 0.5) is 0 Å². The maximum atomic E-state index is 5.74. The standard InChI is InChI=1S/CHBN.Na.H/c2-1-3;;/h3H;;/q;+1;-1/p+1/i/hH. The van der Waals surface area contributed by atoms with E-state index in [4.69, 9.17) is 5.41 Å². The summed E-state index contributed by atoms with van der Waals surface area (Å²) >= 11 is 0. The summed E-state index contributed by atoms with van der Waals surface area (Å²) in [5.41, 5.74) is 0. The van der Waals surface area contributed by atoms with Gasteiger partial charge in [0.15, 0.2) is 0 Å². The molecular formula is CH3BNNa+. The van der Waals surface area contributed by atoms with Gasteiger partial charge in [0.05, 0.1) is 0 Å². The van der Waals surface area contributed by atoms with Crippen molar-refractivity contribution in [3.8, 4) is 0 Å². The first-order valence-corrected chi connectivity index (χ1v) is 0.539. The van der Waals surface area contributed by atoms with Gasteiger partial charge in [-0.1, -0.05) is 0 Å². The van der Waals surface area contributed by atoms with Crippen LogP contribution >= 0.6 is 0 Å². The summed E-state index contributed by atoms with van der Waals surface area (Å²) in [5, 5.41) is 5.74. The van der Waals surface area contributed by atoms with Crippen LogP contribution < -0.4 is 29.6 Å². The second-order valence-electron chi connectivity index (χ2n) is 0.144. The Morgan fingerprint density at radius 2 is 2.25 bits per heavy atom. The van der Waals surface area contributed by atoms with Crippen LogP contribution in [0.2, 0.25) is 0 Å². The van der Waals surface area contributed by atoms with Gasteiger partial charge < -0.3 is 1.43 Å². The Balaban J connectivity index is -0.00000000667. The smallest absolute Gasteiger partial charge is 1.00 e. The SMILES string of the molecule is [1H+].[B]=C=N.[H-].[Na+]. The van der Waals surface area contributed by atoms with E-state index in [1.54, 1.807) is 0 Å². The Labute approximate surface area is 51.2 Å². The molecule has 0 spiro atoms. The van der Waals surface area contributed by atoms with E-state index in [0.29, 0.717) is 0 Å². The number of hydrogen-bond acceptors (Lipinski definition) is 1. The molecule has 0 aliphatic rings. The quantitative estimate of drug-likeness (QED) is 0.227. The van der Waals surface area contributed by atoms with Crippen molar-refractivity contribution in [3.05, 3.63) is 0 Å². The molecule has 1 radical (unpaired) electrons. The summed E-state index contributed by atoms with van der Waals surface area (Å²) in [5.74, 6) is 1.50. The Bertz CT molecular complexity index is 34.5. The molecule has 0 aliphatic heterocycles. The van der Waals surface area contributed by atoms with Gasteiger partial charge in [0.2, 0.25) is 0 Å².